The van der Waals surface area contributed by atoms with E-state index in [1.54, 1.807) is 6.92 Å². The Kier molecular flexibility index (Phi) is 3.78. The van der Waals surface area contributed by atoms with Crippen molar-refractivity contribution < 1.29 is 22.7 Å². The SMILES string of the molecule is CCOC(=O)c1cnc2cc(F)c(F)c(F)c2c1NC. The second-order valence-corrected chi connectivity index (χ2v) is 3.90. The minimum absolute atomic E-state index is 0.00449. The Morgan fingerprint density at radius 1 is 1.35 bits per heavy atom. The Bertz CT molecular complexity index is 689. The Morgan fingerprint density at radius 3 is 2.65 bits per heavy atom. The Balaban J connectivity index is 2.79. The van der Waals surface area contributed by atoms with Gasteiger partial charge in [-0.3, -0.25) is 4.98 Å². The van der Waals surface area contributed by atoms with Crippen LogP contribution in [-0.2, 0) is 4.74 Å². The molecule has 0 saturated heterocycles. The second kappa shape index (κ2) is 5.36. The van der Waals surface area contributed by atoms with E-state index in [-0.39, 0.29) is 28.8 Å². The Morgan fingerprint density at radius 2 is 2.05 bits per heavy atom. The number of hydrogen-bond acceptors (Lipinski definition) is 4. The van der Waals surface area contributed by atoms with Crippen LogP contribution in [0.25, 0.3) is 10.9 Å². The summed E-state index contributed by atoms with van der Waals surface area (Å²) in [6.45, 7) is 1.74. The molecule has 0 aliphatic rings. The molecular weight excluding hydrogens is 273 g/mol. The van der Waals surface area contributed by atoms with Crippen molar-refractivity contribution in [1.82, 2.24) is 4.98 Å². The standard InChI is InChI=1S/C13H11F3N2O2/c1-3-20-13(19)6-5-18-8-4-7(14)10(15)11(16)9(8)12(6)17-2/h4-5H,3H2,1-2H3,(H,17,18). The van der Waals surface area contributed by atoms with Gasteiger partial charge in [0.15, 0.2) is 17.5 Å². The van der Waals surface area contributed by atoms with Crippen LogP contribution in [0, 0.1) is 17.5 Å². The number of halogens is 3. The number of hydrogen-bond donors (Lipinski definition) is 1. The lowest BCUT2D eigenvalue weighted by atomic mass is 10.1. The topological polar surface area (TPSA) is 51.2 Å². The van der Waals surface area contributed by atoms with E-state index in [0.29, 0.717) is 0 Å². The highest BCUT2D eigenvalue weighted by atomic mass is 19.2. The van der Waals surface area contributed by atoms with Crippen LogP contribution in [-0.4, -0.2) is 24.6 Å². The van der Waals surface area contributed by atoms with Gasteiger partial charge < -0.3 is 10.1 Å². The maximum Gasteiger partial charge on any atom is 0.341 e. The van der Waals surface area contributed by atoms with Crippen LogP contribution >= 0.6 is 0 Å². The predicted molar refractivity (Wildman–Crippen MR) is 67.1 cm³/mol. The third kappa shape index (κ3) is 2.15. The zero-order valence-corrected chi connectivity index (χ0v) is 10.8. The monoisotopic (exact) mass is 284 g/mol. The first kappa shape index (κ1) is 14.1. The van der Waals surface area contributed by atoms with Gasteiger partial charge in [-0.25, -0.2) is 18.0 Å². The predicted octanol–water partition coefficient (Wildman–Crippen LogP) is 2.87. The average Bonchev–Trinajstić information content (AvgIpc) is 2.43. The molecule has 1 aromatic heterocycles. The fraction of sp³-hybridized carbons (Fsp3) is 0.231. The van der Waals surface area contributed by atoms with Crippen LogP contribution in [0.1, 0.15) is 17.3 Å². The van der Waals surface area contributed by atoms with Gasteiger partial charge in [0.25, 0.3) is 0 Å². The zero-order valence-electron chi connectivity index (χ0n) is 10.8. The minimum atomic E-state index is -1.61. The summed E-state index contributed by atoms with van der Waals surface area (Å²) in [5.41, 5.74) is -0.143. The number of carbonyl (C=O) groups excluding carboxylic acids is 1. The van der Waals surface area contributed by atoms with Crippen LogP contribution in [0.15, 0.2) is 12.3 Å². The van der Waals surface area contributed by atoms with Gasteiger partial charge in [0, 0.05) is 19.3 Å². The average molecular weight is 284 g/mol. The van der Waals surface area contributed by atoms with Gasteiger partial charge in [-0.1, -0.05) is 0 Å². The molecule has 4 nitrogen and oxygen atoms in total. The molecule has 0 radical (unpaired) electrons. The fourth-order valence-electron chi connectivity index (χ4n) is 1.88. The number of aromatic nitrogens is 1. The van der Waals surface area contributed by atoms with Gasteiger partial charge in [-0.15, -0.1) is 0 Å². The highest BCUT2D eigenvalue weighted by molar-refractivity contribution is 6.05. The van der Waals surface area contributed by atoms with E-state index in [1.807, 2.05) is 0 Å². The molecule has 0 atom stereocenters. The number of fused-ring (bicyclic) bond motifs is 1. The number of nitrogens with one attached hydrogen (secondary N) is 1. The second-order valence-electron chi connectivity index (χ2n) is 3.90. The third-order valence-corrected chi connectivity index (χ3v) is 2.74. The van der Waals surface area contributed by atoms with Crippen LogP contribution in [0.2, 0.25) is 0 Å². The molecule has 0 spiro atoms. The first-order valence-electron chi connectivity index (χ1n) is 5.82. The van der Waals surface area contributed by atoms with E-state index in [9.17, 15) is 18.0 Å². The number of anilines is 1. The van der Waals surface area contributed by atoms with E-state index in [1.165, 1.54) is 7.05 Å². The number of carbonyl (C=O) groups is 1. The van der Waals surface area contributed by atoms with E-state index < -0.39 is 23.4 Å². The summed E-state index contributed by atoms with van der Waals surface area (Å²) in [6, 6.07) is 0.767. The summed E-state index contributed by atoms with van der Waals surface area (Å²) >= 11 is 0. The molecule has 0 aliphatic heterocycles. The van der Waals surface area contributed by atoms with Crippen molar-refractivity contribution in [2.75, 3.05) is 19.0 Å². The summed E-state index contributed by atoms with van der Waals surface area (Å²) in [7, 11) is 1.43. The molecule has 7 heteroatoms. The van der Waals surface area contributed by atoms with Crippen molar-refractivity contribution in [3.63, 3.8) is 0 Å². The van der Waals surface area contributed by atoms with E-state index in [4.69, 9.17) is 4.74 Å². The van der Waals surface area contributed by atoms with Crippen molar-refractivity contribution in [1.29, 1.82) is 0 Å². The quantitative estimate of drug-likeness (QED) is 0.695. The number of nitrogens with zero attached hydrogens (tertiary/aromatic N) is 1. The summed E-state index contributed by atoms with van der Waals surface area (Å²) < 4.78 is 45.2. The molecule has 1 aromatic carbocycles. The first-order chi connectivity index (χ1) is 9.51. The normalized spacial score (nSPS) is 10.7. The summed E-state index contributed by atoms with van der Waals surface area (Å²) in [6.07, 6.45) is 1.13. The minimum Gasteiger partial charge on any atom is -0.462 e. The smallest absolute Gasteiger partial charge is 0.341 e. The lowest BCUT2D eigenvalue weighted by Gasteiger charge is -2.12. The Labute approximate surface area is 112 Å². The maximum atomic E-state index is 13.9. The number of esters is 1. The van der Waals surface area contributed by atoms with E-state index >= 15 is 0 Å². The molecule has 0 fully saturated rings. The fourth-order valence-corrected chi connectivity index (χ4v) is 1.88. The van der Waals surface area contributed by atoms with Crippen molar-refractivity contribution in [2.24, 2.45) is 0 Å². The number of rotatable bonds is 3. The maximum absolute atomic E-state index is 13.9. The molecule has 2 rings (SSSR count). The van der Waals surface area contributed by atoms with Gasteiger partial charge >= 0.3 is 5.97 Å². The molecule has 0 saturated carbocycles. The molecule has 2 aromatic rings. The van der Waals surface area contributed by atoms with Gasteiger partial charge in [-0.2, -0.15) is 0 Å². The molecule has 1 heterocycles. The van der Waals surface area contributed by atoms with E-state index in [2.05, 4.69) is 10.3 Å². The largest absolute Gasteiger partial charge is 0.462 e. The third-order valence-electron chi connectivity index (χ3n) is 2.74. The van der Waals surface area contributed by atoms with Crippen molar-refractivity contribution >= 4 is 22.6 Å². The first-order valence-corrected chi connectivity index (χ1v) is 5.82. The van der Waals surface area contributed by atoms with Crippen molar-refractivity contribution in [3.05, 3.63) is 35.3 Å². The summed E-state index contributed by atoms with van der Waals surface area (Å²) in [4.78, 5) is 15.5. The summed E-state index contributed by atoms with van der Waals surface area (Å²) in [5, 5.41) is 2.30. The Hall–Kier alpha value is -2.31. The lowest BCUT2D eigenvalue weighted by Crippen LogP contribution is -2.10. The van der Waals surface area contributed by atoms with Crippen molar-refractivity contribution in [3.8, 4) is 0 Å². The zero-order chi connectivity index (χ0) is 14.9. The van der Waals surface area contributed by atoms with Crippen LogP contribution in [0.5, 0.6) is 0 Å². The molecule has 20 heavy (non-hydrogen) atoms. The lowest BCUT2D eigenvalue weighted by molar-refractivity contribution is 0.0527. The van der Waals surface area contributed by atoms with E-state index in [0.717, 1.165) is 12.3 Å². The number of ether oxygens (including phenoxy) is 1. The molecule has 0 unspecified atom stereocenters. The molecular formula is C13H11F3N2O2. The molecule has 0 bridgehead atoms. The molecule has 0 amide bonds. The van der Waals surface area contributed by atoms with Crippen LogP contribution < -0.4 is 5.32 Å². The van der Waals surface area contributed by atoms with Gasteiger partial charge in [0.2, 0.25) is 0 Å². The number of pyridine rings is 1. The van der Waals surface area contributed by atoms with Gasteiger partial charge in [0.05, 0.1) is 23.2 Å². The molecule has 0 aliphatic carbocycles. The highest BCUT2D eigenvalue weighted by Crippen LogP contribution is 2.31. The van der Waals surface area contributed by atoms with Gasteiger partial charge in [0.1, 0.15) is 5.56 Å². The van der Waals surface area contributed by atoms with Crippen LogP contribution in [0.3, 0.4) is 0 Å². The molecule has 106 valence electrons. The summed E-state index contributed by atoms with van der Waals surface area (Å²) in [5.74, 6) is -5.08. The van der Waals surface area contributed by atoms with Crippen LogP contribution in [0.4, 0.5) is 18.9 Å². The van der Waals surface area contributed by atoms with Gasteiger partial charge in [-0.05, 0) is 6.92 Å². The van der Waals surface area contributed by atoms with Crippen molar-refractivity contribution in [2.45, 2.75) is 6.92 Å². The number of benzene rings is 1. The molecule has 1 N–H and O–H groups in total. The highest BCUT2D eigenvalue weighted by Gasteiger charge is 2.22.